The predicted molar refractivity (Wildman–Crippen MR) is 59.1 cm³/mol. The van der Waals surface area contributed by atoms with Crippen LogP contribution >= 0.6 is 0 Å². The summed E-state index contributed by atoms with van der Waals surface area (Å²) in [6.07, 6.45) is 8.11. The number of nitrogens with zero attached hydrogens (tertiary/aromatic N) is 4. The van der Waals surface area contributed by atoms with Crippen molar-refractivity contribution in [3.63, 3.8) is 0 Å². The summed E-state index contributed by atoms with van der Waals surface area (Å²) in [6, 6.07) is 3.42. The van der Waals surface area contributed by atoms with Gasteiger partial charge in [0.2, 0.25) is 0 Å². The van der Waals surface area contributed by atoms with E-state index in [1.165, 1.54) is 10.0 Å². The lowest BCUT2D eigenvalue weighted by atomic mass is 10.3. The molecule has 2 rings (SSSR count). The Kier molecular flexibility index (Phi) is 2.81. The molecular formula is C10H11N5O. The van der Waals surface area contributed by atoms with Gasteiger partial charge in [0.1, 0.15) is 0 Å². The molecule has 6 heteroatoms. The van der Waals surface area contributed by atoms with E-state index in [-0.39, 0.29) is 6.03 Å². The molecule has 1 aliphatic heterocycles. The maximum absolute atomic E-state index is 11.6. The van der Waals surface area contributed by atoms with Crippen molar-refractivity contribution in [3.05, 3.63) is 42.5 Å². The molecule has 0 unspecified atom stereocenters. The highest BCUT2D eigenvalue weighted by atomic mass is 16.2. The Morgan fingerprint density at radius 3 is 3.19 bits per heavy atom. The first-order valence-electron chi connectivity index (χ1n) is 4.71. The molecule has 1 aromatic heterocycles. The Balaban J connectivity index is 2.10. The van der Waals surface area contributed by atoms with Crippen molar-refractivity contribution < 1.29 is 4.79 Å². The lowest BCUT2D eigenvalue weighted by Gasteiger charge is -2.25. The highest BCUT2D eigenvalue weighted by Crippen LogP contribution is 2.02. The second-order valence-electron chi connectivity index (χ2n) is 3.16. The second-order valence-corrected chi connectivity index (χ2v) is 3.16. The SMILES string of the molecule is CN1NC=CN(N=Cc2cccnc2)C1=O. The predicted octanol–water partition coefficient (Wildman–Crippen LogP) is 0.759. The van der Waals surface area contributed by atoms with Crippen molar-refractivity contribution in [2.75, 3.05) is 7.05 Å². The van der Waals surface area contributed by atoms with Gasteiger partial charge in [-0.15, -0.1) is 0 Å². The second kappa shape index (κ2) is 4.43. The molecule has 0 radical (unpaired) electrons. The Morgan fingerprint density at radius 1 is 1.56 bits per heavy atom. The van der Waals surface area contributed by atoms with Crippen molar-refractivity contribution in [2.24, 2.45) is 5.10 Å². The van der Waals surface area contributed by atoms with Gasteiger partial charge < -0.3 is 5.43 Å². The number of urea groups is 1. The normalized spacial score (nSPS) is 15.7. The van der Waals surface area contributed by atoms with Gasteiger partial charge in [0, 0.05) is 31.2 Å². The fourth-order valence-corrected chi connectivity index (χ4v) is 1.16. The van der Waals surface area contributed by atoms with Crippen LogP contribution in [0.3, 0.4) is 0 Å². The summed E-state index contributed by atoms with van der Waals surface area (Å²) in [5.41, 5.74) is 3.57. The third-order valence-electron chi connectivity index (χ3n) is 1.98. The van der Waals surface area contributed by atoms with Gasteiger partial charge in [-0.05, 0) is 6.07 Å². The Labute approximate surface area is 92.8 Å². The van der Waals surface area contributed by atoms with E-state index in [1.807, 2.05) is 12.1 Å². The van der Waals surface area contributed by atoms with Crippen molar-refractivity contribution in [3.8, 4) is 0 Å². The quantitative estimate of drug-likeness (QED) is 0.744. The minimum absolute atomic E-state index is 0.248. The standard InChI is InChI=1S/C10H11N5O/c1-14-10(16)15(6-5-12-14)13-8-9-3-2-4-11-7-9/h2-8,12H,1H3. The lowest BCUT2D eigenvalue weighted by molar-refractivity contribution is 0.161. The van der Waals surface area contributed by atoms with Crippen LogP contribution in [0.1, 0.15) is 5.56 Å². The maximum atomic E-state index is 11.6. The van der Waals surface area contributed by atoms with Crippen LogP contribution in [0.15, 0.2) is 42.0 Å². The molecule has 6 nitrogen and oxygen atoms in total. The van der Waals surface area contributed by atoms with E-state index in [0.717, 1.165) is 5.56 Å². The van der Waals surface area contributed by atoms with E-state index < -0.39 is 0 Å². The van der Waals surface area contributed by atoms with Gasteiger partial charge >= 0.3 is 6.03 Å². The monoisotopic (exact) mass is 217 g/mol. The van der Waals surface area contributed by atoms with Crippen LogP contribution in [0, 0.1) is 0 Å². The van der Waals surface area contributed by atoms with Crippen LogP contribution in [0.2, 0.25) is 0 Å². The van der Waals surface area contributed by atoms with Crippen LogP contribution < -0.4 is 5.43 Å². The van der Waals surface area contributed by atoms with E-state index in [1.54, 1.807) is 38.1 Å². The summed E-state index contributed by atoms with van der Waals surface area (Å²) in [5, 5.41) is 6.61. The van der Waals surface area contributed by atoms with Gasteiger partial charge in [0.25, 0.3) is 0 Å². The van der Waals surface area contributed by atoms with Gasteiger partial charge in [-0.3, -0.25) is 4.98 Å². The first kappa shape index (κ1) is 10.2. The van der Waals surface area contributed by atoms with Gasteiger partial charge in [0.05, 0.1) is 12.4 Å². The van der Waals surface area contributed by atoms with Gasteiger partial charge in [-0.1, -0.05) is 6.07 Å². The van der Waals surface area contributed by atoms with Crippen LogP contribution in [-0.4, -0.2) is 34.3 Å². The van der Waals surface area contributed by atoms with E-state index >= 15 is 0 Å². The summed E-state index contributed by atoms with van der Waals surface area (Å²) in [6.45, 7) is 0. The molecule has 1 aliphatic rings. The zero-order valence-electron chi connectivity index (χ0n) is 8.74. The fraction of sp³-hybridized carbons (Fsp3) is 0.100. The van der Waals surface area contributed by atoms with Crippen molar-refractivity contribution in [2.45, 2.75) is 0 Å². The molecule has 1 N–H and O–H groups in total. The number of hydrazone groups is 1. The molecule has 0 atom stereocenters. The van der Waals surface area contributed by atoms with E-state index in [2.05, 4.69) is 15.5 Å². The first-order valence-corrected chi connectivity index (χ1v) is 4.71. The number of carbonyl (C=O) groups is 1. The number of pyridine rings is 1. The van der Waals surface area contributed by atoms with Gasteiger partial charge in [-0.2, -0.15) is 10.1 Å². The number of hydrogen-bond donors (Lipinski definition) is 1. The summed E-state index contributed by atoms with van der Waals surface area (Å²) in [7, 11) is 1.62. The molecule has 82 valence electrons. The largest absolute Gasteiger partial charge is 0.363 e. The smallest absolute Gasteiger partial charge is 0.301 e. The maximum Gasteiger partial charge on any atom is 0.363 e. The van der Waals surface area contributed by atoms with E-state index in [4.69, 9.17) is 0 Å². The fourth-order valence-electron chi connectivity index (χ4n) is 1.16. The van der Waals surface area contributed by atoms with Crippen LogP contribution in [-0.2, 0) is 0 Å². The number of amides is 2. The summed E-state index contributed by atoms with van der Waals surface area (Å²) >= 11 is 0. The average molecular weight is 217 g/mol. The topological polar surface area (TPSA) is 60.8 Å². The van der Waals surface area contributed by atoms with Crippen molar-refractivity contribution >= 4 is 12.2 Å². The molecule has 0 spiro atoms. The summed E-state index contributed by atoms with van der Waals surface area (Å²) in [5.74, 6) is 0. The first-order chi connectivity index (χ1) is 7.77. The molecule has 1 aromatic rings. The molecule has 0 saturated heterocycles. The van der Waals surface area contributed by atoms with Gasteiger partial charge in [-0.25, -0.2) is 9.80 Å². The zero-order chi connectivity index (χ0) is 11.4. The molecular weight excluding hydrogens is 206 g/mol. The van der Waals surface area contributed by atoms with Crippen molar-refractivity contribution in [1.82, 2.24) is 20.4 Å². The van der Waals surface area contributed by atoms with Gasteiger partial charge in [0.15, 0.2) is 0 Å². The molecule has 0 aliphatic carbocycles. The number of aromatic nitrogens is 1. The number of hydrazine groups is 1. The van der Waals surface area contributed by atoms with Crippen LogP contribution in [0.25, 0.3) is 0 Å². The Bertz CT molecular complexity index is 428. The lowest BCUT2D eigenvalue weighted by Crippen LogP contribution is -2.45. The molecule has 0 bridgehead atoms. The minimum atomic E-state index is -0.248. The third kappa shape index (κ3) is 2.17. The summed E-state index contributed by atoms with van der Waals surface area (Å²) in [4.78, 5) is 15.5. The zero-order valence-corrected chi connectivity index (χ0v) is 8.74. The highest BCUT2D eigenvalue weighted by Gasteiger charge is 2.17. The Hall–Kier alpha value is -2.37. The molecule has 0 aromatic carbocycles. The number of nitrogens with one attached hydrogen (secondary N) is 1. The molecule has 0 saturated carbocycles. The highest BCUT2D eigenvalue weighted by molar-refractivity contribution is 5.82. The van der Waals surface area contributed by atoms with Crippen LogP contribution in [0.5, 0.6) is 0 Å². The minimum Gasteiger partial charge on any atom is -0.301 e. The molecule has 0 fully saturated rings. The van der Waals surface area contributed by atoms with Crippen LogP contribution in [0.4, 0.5) is 4.79 Å². The third-order valence-corrected chi connectivity index (χ3v) is 1.98. The number of hydrogen-bond acceptors (Lipinski definition) is 4. The molecule has 2 amide bonds. The number of rotatable bonds is 2. The molecule has 16 heavy (non-hydrogen) atoms. The van der Waals surface area contributed by atoms with E-state index in [0.29, 0.717) is 0 Å². The van der Waals surface area contributed by atoms with Crippen molar-refractivity contribution in [1.29, 1.82) is 0 Å². The number of carbonyl (C=O) groups excluding carboxylic acids is 1. The average Bonchev–Trinajstić information content (AvgIpc) is 2.32. The Morgan fingerprint density at radius 2 is 2.44 bits per heavy atom. The molecule has 2 heterocycles. The van der Waals surface area contributed by atoms with E-state index in [9.17, 15) is 4.79 Å². The summed E-state index contributed by atoms with van der Waals surface area (Å²) < 4.78 is 0.